The van der Waals surface area contributed by atoms with Crippen LogP contribution in [0.4, 0.5) is 10.6 Å². The van der Waals surface area contributed by atoms with Crippen molar-refractivity contribution in [3.8, 4) is 5.75 Å². The van der Waals surface area contributed by atoms with Crippen LogP contribution in [0.3, 0.4) is 0 Å². The summed E-state index contributed by atoms with van der Waals surface area (Å²) >= 11 is 6.31. The van der Waals surface area contributed by atoms with Crippen molar-refractivity contribution in [1.82, 2.24) is 15.2 Å². The molecule has 10 heteroatoms. The number of carboxylic acids is 1. The first kappa shape index (κ1) is 24.9. The van der Waals surface area contributed by atoms with Crippen molar-refractivity contribution in [1.29, 1.82) is 0 Å². The third-order valence-corrected chi connectivity index (χ3v) is 7.09. The summed E-state index contributed by atoms with van der Waals surface area (Å²) in [6, 6.07) is 1.29. The number of hydrogen-bond donors (Lipinski definition) is 2. The van der Waals surface area contributed by atoms with Crippen LogP contribution in [0.1, 0.15) is 63.2 Å². The third kappa shape index (κ3) is 5.68. The normalized spacial score (nSPS) is 22.3. The molecule has 188 valence electrons. The van der Waals surface area contributed by atoms with Gasteiger partial charge in [-0.3, -0.25) is 0 Å². The Morgan fingerprint density at radius 3 is 2.68 bits per heavy atom. The van der Waals surface area contributed by atoms with Gasteiger partial charge in [-0.2, -0.15) is 0 Å². The number of piperazine rings is 1. The minimum atomic E-state index is -1.09. The number of aromatic carboxylic acids is 1. The van der Waals surface area contributed by atoms with E-state index >= 15 is 0 Å². The van der Waals surface area contributed by atoms with E-state index in [4.69, 9.17) is 21.1 Å². The summed E-state index contributed by atoms with van der Waals surface area (Å²) in [6.45, 7) is 8.78. The molecule has 3 heterocycles. The number of pyridine rings is 1. The molecular formula is C24H35ClN4O5. The molecule has 0 unspecified atom stereocenters. The van der Waals surface area contributed by atoms with Crippen molar-refractivity contribution >= 4 is 29.5 Å². The second kappa shape index (κ2) is 9.77. The number of carbonyl (C=O) groups is 2. The van der Waals surface area contributed by atoms with E-state index in [9.17, 15) is 14.7 Å². The molecule has 1 spiro atoms. The fraction of sp³-hybridized carbons (Fsp3) is 0.708. The summed E-state index contributed by atoms with van der Waals surface area (Å²) in [4.78, 5) is 32.8. The Balaban J connectivity index is 1.47. The molecule has 1 amide bonds. The molecule has 2 saturated heterocycles. The van der Waals surface area contributed by atoms with E-state index in [2.05, 4.69) is 15.2 Å². The molecule has 2 N–H and O–H groups in total. The number of aromatic nitrogens is 1. The third-order valence-electron chi connectivity index (χ3n) is 6.90. The van der Waals surface area contributed by atoms with Crippen LogP contribution in [0.2, 0.25) is 5.15 Å². The van der Waals surface area contributed by atoms with Gasteiger partial charge in [-0.25, -0.2) is 14.6 Å². The van der Waals surface area contributed by atoms with Crippen LogP contribution in [0.5, 0.6) is 5.75 Å². The molecule has 0 aromatic carbocycles. The van der Waals surface area contributed by atoms with Crippen LogP contribution in [0, 0.1) is 5.41 Å². The van der Waals surface area contributed by atoms with Crippen LogP contribution < -0.4 is 15.0 Å². The summed E-state index contributed by atoms with van der Waals surface area (Å²) < 4.78 is 11.5. The standard InChI is InChI=1S/C24H35ClN4O5/c1-23(2,3)34-22(32)28-11-9-26-16(13-28)14-33-17-12-18(25)27-20(19(17)21(30)31)29-10-8-24(15-29)6-4-5-7-24/h12,16,26H,4-11,13-15H2,1-3H3,(H,30,31)/t16-/m1/s1. The molecular weight excluding hydrogens is 460 g/mol. The highest BCUT2D eigenvalue weighted by molar-refractivity contribution is 6.29. The van der Waals surface area contributed by atoms with Crippen LogP contribution >= 0.6 is 11.6 Å². The van der Waals surface area contributed by atoms with Crippen LogP contribution in [0.25, 0.3) is 0 Å². The smallest absolute Gasteiger partial charge is 0.410 e. The van der Waals surface area contributed by atoms with Gasteiger partial charge in [0, 0.05) is 38.8 Å². The molecule has 1 atom stereocenters. The lowest BCUT2D eigenvalue weighted by atomic mass is 9.86. The molecule has 34 heavy (non-hydrogen) atoms. The predicted molar refractivity (Wildman–Crippen MR) is 129 cm³/mol. The first-order valence-electron chi connectivity index (χ1n) is 12.1. The molecule has 9 nitrogen and oxygen atoms in total. The largest absolute Gasteiger partial charge is 0.491 e. The van der Waals surface area contributed by atoms with E-state index in [0.29, 0.717) is 25.5 Å². The number of hydrogen-bond acceptors (Lipinski definition) is 7. The maximum Gasteiger partial charge on any atom is 0.410 e. The Hall–Kier alpha value is -2.26. The van der Waals surface area contributed by atoms with Gasteiger partial charge >= 0.3 is 12.1 Å². The number of rotatable bonds is 5. The Bertz CT molecular complexity index is 929. The Morgan fingerprint density at radius 2 is 2.00 bits per heavy atom. The van der Waals surface area contributed by atoms with Gasteiger partial charge in [-0.1, -0.05) is 24.4 Å². The zero-order chi connectivity index (χ0) is 24.5. The van der Waals surface area contributed by atoms with Crippen LogP contribution in [-0.2, 0) is 4.74 Å². The number of carbonyl (C=O) groups excluding carboxylic acids is 1. The fourth-order valence-corrected chi connectivity index (χ4v) is 5.47. The second-order valence-electron chi connectivity index (χ2n) is 10.7. The van der Waals surface area contributed by atoms with E-state index in [-0.39, 0.29) is 40.6 Å². The SMILES string of the molecule is CC(C)(C)OC(=O)N1CCN[C@@H](COc2cc(Cl)nc(N3CCC4(CCCC4)C3)c2C(=O)O)C1. The monoisotopic (exact) mass is 494 g/mol. The zero-order valence-corrected chi connectivity index (χ0v) is 21.0. The molecule has 1 saturated carbocycles. The summed E-state index contributed by atoms with van der Waals surface area (Å²) in [5.41, 5.74) is -0.265. The Morgan fingerprint density at radius 1 is 1.26 bits per heavy atom. The topological polar surface area (TPSA) is 104 Å². The molecule has 0 radical (unpaired) electrons. The number of ether oxygens (including phenoxy) is 2. The van der Waals surface area contributed by atoms with Gasteiger partial charge in [0.1, 0.15) is 34.5 Å². The molecule has 3 fully saturated rings. The molecule has 1 aliphatic carbocycles. The molecule has 1 aromatic heterocycles. The van der Waals surface area contributed by atoms with Gasteiger partial charge in [0.15, 0.2) is 0 Å². The highest BCUT2D eigenvalue weighted by Gasteiger charge is 2.42. The van der Waals surface area contributed by atoms with Crippen LogP contribution in [-0.4, -0.2) is 78.0 Å². The quantitative estimate of drug-likeness (QED) is 0.596. The van der Waals surface area contributed by atoms with Gasteiger partial charge in [0.05, 0.1) is 6.04 Å². The number of halogens is 1. The number of nitrogens with one attached hydrogen (secondary N) is 1. The molecule has 3 aliphatic rings. The highest BCUT2D eigenvalue weighted by Crippen LogP contribution is 2.47. The van der Waals surface area contributed by atoms with Gasteiger partial charge in [0.2, 0.25) is 0 Å². The molecule has 4 rings (SSSR count). The Labute approximate surface area is 205 Å². The van der Waals surface area contributed by atoms with Gasteiger partial charge in [-0.15, -0.1) is 0 Å². The molecule has 2 aliphatic heterocycles. The lowest BCUT2D eigenvalue weighted by Crippen LogP contribution is -2.55. The fourth-order valence-electron chi connectivity index (χ4n) is 5.29. The number of nitrogens with zero attached hydrogens (tertiary/aromatic N) is 3. The van der Waals surface area contributed by atoms with Gasteiger partial charge < -0.3 is 29.7 Å². The van der Waals surface area contributed by atoms with Crippen molar-refractivity contribution in [2.24, 2.45) is 5.41 Å². The second-order valence-corrected chi connectivity index (χ2v) is 11.1. The summed E-state index contributed by atoms with van der Waals surface area (Å²) in [5.74, 6) is -0.509. The highest BCUT2D eigenvalue weighted by atomic mass is 35.5. The minimum Gasteiger partial charge on any atom is -0.491 e. The van der Waals surface area contributed by atoms with Crippen LogP contribution in [0.15, 0.2) is 6.07 Å². The minimum absolute atomic E-state index is 0.0410. The van der Waals surface area contributed by atoms with E-state index in [1.165, 1.54) is 31.7 Å². The van der Waals surface area contributed by atoms with E-state index in [0.717, 1.165) is 19.5 Å². The van der Waals surface area contributed by atoms with E-state index in [1.54, 1.807) is 4.90 Å². The first-order valence-corrected chi connectivity index (χ1v) is 12.5. The van der Waals surface area contributed by atoms with Crippen molar-refractivity contribution < 1.29 is 24.2 Å². The predicted octanol–water partition coefficient (Wildman–Crippen LogP) is 3.79. The van der Waals surface area contributed by atoms with E-state index < -0.39 is 11.6 Å². The summed E-state index contributed by atoms with van der Waals surface area (Å²) in [5, 5.41) is 13.6. The van der Waals surface area contributed by atoms with Crippen molar-refractivity contribution in [3.63, 3.8) is 0 Å². The number of anilines is 1. The average Bonchev–Trinajstić information content (AvgIpc) is 3.40. The van der Waals surface area contributed by atoms with Crippen molar-refractivity contribution in [3.05, 3.63) is 16.8 Å². The maximum absolute atomic E-state index is 12.4. The lowest BCUT2D eigenvalue weighted by molar-refractivity contribution is 0.0178. The maximum atomic E-state index is 12.4. The van der Waals surface area contributed by atoms with E-state index in [1.807, 2.05) is 20.8 Å². The molecule has 0 bridgehead atoms. The van der Waals surface area contributed by atoms with Crippen molar-refractivity contribution in [2.45, 2.75) is 64.5 Å². The first-order chi connectivity index (χ1) is 16.1. The number of amides is 1. The number of carboxylic acid groups (broad SMARTS) is 1. The average molecular weight is 495 g/mol. The van der Waals surface area contributed by atoms with Crippen molar-refractivity contribution in [2.75, 3.05) is 44.2 Å². The van der Waals surface area contributed by atoms with Gasteiger partial charge in [0.25, 0.3) is 0 Å². The van der Waals surface area contributed by atoms with Gasteiger partial charge in [-0.05, 0) is 45.4 Å². The Kier molecular flexibility index (Phi) is 7.14. The summed E-state index contributed by atoms with van der Waals surface area (Å²) in [7, 11) is 0. The molecule has 1 aromatic rings. The zero-order valence-electron chi connectivity index (χ0n) is 20.2. The lowest BCUT2D eigenvalue weighted by Gasteiger charge is -2.34. The summed E-state index contributed by atoms with van der Waals surface area (Å²) in [6.07, 6.45) is 5.49.